The van der Waals surface area contributed by atoms with Gasteiger partial charge in [-0.25, -0.2) is 0 Å². The van der Waals surface area contributed by atoms with Crippen LogP contribution in [0.2, 0.25) is 0 Å². The summed E-state index contributed by atoms with van der Waals surface area (Å²) in [6, 6.07) is 17.2. The summed E-state index contributed by atoms with van der Waals surface area (Å²) in [6.45, 7) is 0.781. The Morgan fingerprint density at radius 2 is 1.82 bits per heavy atom. The highest BCUT2D eigenvalue weighted by Crippen LogP contribution is 2.34. The third kappa shape index (κ3) is 5.15. The van der Waals surface area contributed by atoms with E-state index in [-0.39, 0.29) is 5.91 Å². The number of nitrogens with one attached hydrogen (secondary N) is 1. The summed E-state index contributed by atoms with van der Waals surface area (Å²) >= 11 is 0. The van der Waals surface area contributed by atoms with Crippen LogP contribution in [0, 0.1) is 5.92 Å². The number of benzene rings is 2. The van der Waals surface area contributed by atoms with Gasteiger partial charge in [-0.2, -0.15) is 0 Å². The molecular formula is C25H31NO2. The van der Waals surface area contributed by atoms with Gasteiger partial charge in [0.15, 0.2) is 0 Å². The molecule has 0 bridgehead atoms. The molecule has 3 heteroatoms. The van der Waals surface area contributed by atoms with Crippen molar-refractivity contribution in [2.75, 3.05) is 6.54 Å². The maximum atomic E-state index is 11.7. The highest BCUT2D eigenvalue weighted by molar-refractivity contribution is 5.80. The number of carbonyl (C=O) groups excluding carboxylic acids is 1. The predicted octanol–water partition coefficient (Wildman–Crippen LogP) is 4.86. The van der Waals surface area contributed by atoms with Crippen molar-refractivity contribution >= 4 is 5.91 Å². The SMILES string of the molecule is O=C(NCCCc1cccc2c1C[C@@H](CCCCc1ccccc1)O2)C1CC1. The third-order valence-corrected chi connectivity index (χ3v) is 5.91. The Morgan fingerprint density at radius 3 is 2.64 bits per heavy atom. The maximum absolute atomic E-state index is 11.7. The van der Waals surface area contributed by atoms with Gasteiger partial charge in [-0.15, -0.1) is 0 Å². The molecule has 1 N–H and O–H groups in total. The Kier molecular flexibility index (Phi) is 6.31. The van der Waals surface area contributed by atoms with Gasteiger partial charge < -0.3 is 10.1 Å². The Hall–Kier alpha value is -2.29. The molecule has 1 atom stereocenters. The largest absolute Gasteiger partial charge is 0.490 e. The van der Waals surface area contributed by atoms with Gasteiger partial charge in [0.05, 0.1) is 0 Å². The molecule has 2 aliphatic rings. The maximum Gasteiger partial charge on any atom is 0.223 e. The zero-order valence-electron chi connectivity index (χ0n) is 16.7. The molecule has 148 valence electrons. The fourth-order valence-electron chi connectivity index (χ4n) is 4.12. The first-order chi connectivity index (χ1) is 13.8. The molecule has 0 unspecified atom stereocenters. The quantitative estimate of drug-likeness (QED) is 0.600. The van der Waals surface area contributed by atoms with Gasteiger partial charge >= 0.3 is 0 Å². The molecule has 4 rings (SSSR count). The van der Waals surface area contributed by atoms with Crippen LogP contribution in [0.1, 0.15) is 55.2 Å². The van der Waals surface area contributed by atoms with Crippen LogP contribution >= 0.6 is 0 Å². The molecule has 0 spiro atoms. The van der Waals surface area contributed by atoms with E-state index in [0.717, 1.165) is 57.2 Å². The molecule has 1 amide bonds. The van der Waals surface area contributed by atoms with Crippen molar-refractivity contribution in [3.63, 3.8) is 0 Å². The minimum Gasteiger partial charge on any atom is -0.490 e. The number of carbonyl (C=O) groups is 1. The fourth-order valence-corrected chi connectivity index (χ4v) is 4.12. The summed E-state index contributed by atoms with van der Waals surface area (Å²) in [4.78, 5) is 11.7. The summed E-state index contributed by atoms with van der Waals surface area (Å²) in [5, 5.41) is 3.07. The molecule has 1 heterocycles. The Bertz CT molecular complexity index is 782. The number of rotatable bonds is 10. The van der Waals surface area contributed by atoms with Crippen LogP contribution in [0.4, 0.5) is 0 Å². The lowest BCUT2D eigenvalue weighted by atomic mass is 9.97. The van der Waals surface area contributed by atoms with E-state index in [9.17, 15) is 4.79 Å². The molecule has 0 saturated heterocycles. The number of hydrogen-bond donors (Lipinski definition) is 1. The first kappa shape index (κ1) is 19.0. The summed E-state index contributed by atoms with van der Waals surface area (Å²) in [5.74, 6) is 1.63. The number of fused-ring (bicyclic) bond motifs is 1. The van der Waals surface area contributed by atoms with Crippen LogP contribution < -0.4 is 10.1 Å². The number of unbranched alkanes of at least 4 members (excludes halogenated alkanes) is 1. The van der Waals surface area contributed by atoms with Crippen molar-refractivity contribution in [3.05, 3.63) is 65.2 Å². The van der Waals surface area contributed by atoms with Crippen molar-refractivity contribution < 1.29 is 9.53 Å². The van der Waals surface area contributed by atoms with Crippen molar-refractivity contribution in [1.29, 1.82) is 0 Å². The highest BCUT2D eigenvalue weighted by atomic mass is 16.5. The van der Waals surface area contributed by atoms with E-state index in [4.69, 9.17) is 4.74 Å². The molecule has 1 aliphatic carbocycles. The van der Waals surface area contributed by atoms with E-state index in [1.54, 1.807) is 0 Å². The zero-order valence-corrected chi connectivity index (χ0v) is 16.7. The van der Waals surface area contributed by atoms with E-state index in [0.29, 0.717) is 12.0 Å². The lowest BCUT2D eigenvalue weighted by Crippen LogP contribution is -2.26. The van der Waals surface area contributed by atoms with E-state index < -0.39 is 0 Å². The topological polar surface area (TPSA) is 38.3 Å². The summed E-state index contributed by atoms with van der Waals surface area (Å²) in [7, 11) is 0. The minimum absolute atomic E-state index is 0.247. The van der Waals surface area contributed by atoms with E-state index >= 15 is 0 Å². The molecule has 2 aromatic carbocycles. The first-order valence-corrected chi connectivity index (χ1v) is 10.9. The Balaban J connectivity index is 1.19. The molecular weight excluding hydrogens is 346 g/mol. The van der Waals surface area contributed by atoms with Crippen LogP contribution in [-0.4, -0.2) is 18.6 Å². The van der Waals surface area contributed by atoms with Gasteiger partial charge in [-0.05, 0) is 68.6 Å². The number of hydrogen-bond acceptors (Lipinski definition) is 2. The van der Waals surface area contributed by atoms with E-state index in [1.165, 1.54) is 29.5 Å². The number of ether oxygens (including phenoxy) is 1. The van der Waals surface area contributed by atoms with Crippen LogP contribution in [0.25, 0.3) is 0 Å². The van der Waals surface area contributed by atoms with Gasteiger partial charge in [0, 0.05) is 24.4 Å². The standard InChI is InChI=1S/C25H31NO2/c27-25(21-15-16-21)26-17-7-12-20-11-6-14-24-23(20)18-22(28-24)13-5-4-10-19-8-2-1-3-9-19/h1-3,6,8-9,11,14,21-22H,4-5,7,10,12-13,15-18H2,(H,26,27)/t22-/m1/s1. The van der Waals surface area contributed by atoms with Gasteiger partial charge in [0.2, 0.25) is 5.91 Å². The lowest BCUT2D eigenvalue weighted by Gasteiger charge is -2.10. The van der Waals surface area contributed by atoms with E-state index in [1.807, 2.05) is 0 Å². The third-order valence-electron chi connectivity index (χ3n) is 5.91. The second-order valence-corrected chi connectivity index (χ2v) is 8.24. The van der Waals surface area contributed by atoms with Gasteiger partial charge in [0.25, 0.3) is 0 Å². The van der Waals surface area contributed by atoms with Crippen molar-refractivity contribution in [3.8, 4) is 5.75 Å². The van der Waals surface area contributed by atoms with Gasteiger partial charge in [-0.1, -0.05) is 42.5 Å². The monoisotopic (exact) mass is 377 g/mol. The smallest absolute Gasteiger partial charge is 0.223 e. The van der Waals surface area contributed by atoms with Crippen molar-refractivity contribution in [2.45, 2.75) is 63.9 Å². The fraction of sp³-hybridized carbons (Fsp3) is 0.480. The van der Waals surface area contributed by atoms with Crippen molar-refractivity contribution in [1.82, 2.24) is 5.32 Å². The lowest BCUT2D eigenvalue weighted by molar-refractivity contribution is -0.122. The van der Waals surface area contributed by atoms with Crippen LogP contribution in [-0.2, 0) is 24.1 Å². The number of amides is 1. The van der Waals surface area contributed by atoms with Gasteiger partial charge in [-0.3, -0.25) is 4.79 Å². The summed E-state index contributed by atoms with van der Waals surface area (Å²) in [5.41, 5.74) is 4.21. The summed E-state index contributed by atoms with van der Waals surface area (Å²) < 4.78 is 6.21. The van der Waals surface area contributed by atoms with Crippen LogP contribution in [0.15, 0.2) is 48.5 Å². The molecule has 0 radical (unpaired) electrons. The highest BCUT2D eigenvalue weighted by Gasteiger charge is 2.29. The second kappa shape index (κ2) is 9.27. The van der Waals surface area contributed by atoms with Crippen LogP contribution in [0.5, 0.6) is 5.75 Å². The first-order valence-electron chi connectivity index (χ1n) is 10.9. The molecule has 1 fully saturated rings. The average Bonchev–Trinajstić information content (AvgIpc) is 3.49. The molecule has 2 aromatic rings. The zero-order chi connectivity index (χ0) is 19.2. The molecule has 28 heavy (non-hydrogen) atoms. The van der Waals surface area contributed by atoms with Crippen molar-refractivity contribution in [2.24, 2.45) is 5.92 Å². The molecule has 1 saturated carbocycles. The van der Waals surface area contributed by atoms with Crippen LogP contribution in [0.3, 0.4) is 0 Å². The Morgan fingerprint density at radius 1 is 0.964 bits per heavy atom. The molecule has 3 nitrogen and oxygen atoms in total. The average molecular weight is 378 g/mol. The van der Waals surface area contributed by atoms with Gasteiger partial charge in [0.1, 0.15) is 11.9 Å². The molecule has 0 aromatic heterocycles. The minimum atomic E-state index is 0.247. The second-order valence-electron chi connectivity index (χ2n) is 8.24. The summed E-state index contributed by atoms with van der Waals surface area (Å²) in [6.07, 6.45) is 10.2. The number of aryl methyl sites for hydroxylation is 2. The molecule has 1 aliphatic heterocycles. The predicted molar refractivity (Wildman–Crippen MR) is 113 cm³/mol. The normalized spacial score (nSPS) is 17.8. The Labute approximate surface area is 168 Å². The van der Waals surface area contributed by atoms with E-state index in [2.05, 4.69) is 53.8 Å².